The Labute approximate surface area is 122 Å². The average Bonchev–Trinajstić information content (AvgIpc) is 2.40. The van der Waals surface area contributed by atoms with E-state index in [-0.39, 0.29) is 0 Å². The summed E-state index contributed by atoms with van der Waals surface area (Å²) in [5, 5.41) is 1.22. The summed E-state index contributed by atoms with van der Waals surface area (Å²) in [6.45, 7) is 2.94. The van der Waals surface area contributed by atoms with Crippen LogP contribution >= 0.6 is 23.2 Å². The van der Waals surface area contributed by atoms with Gasteiger partial charge in [0.05, 0.1) is 6.61 Å². The molecule has 2 nitrogen and oxygen atoms in total. The second-order valence-corrected chi connectivity index (χ2v) is 4.71. The quantitative estimate of drug-likeness (QED) is 0.775. The molecule has 0 aromatic heterocycles. The Morgan fingerprint density at radius 2 is 1.37 bits per heavy atom. The molecule has 0 saturated heterocycles. The maximum Gasteiger partial charge on any atom is 0.120 e. The molecule has 0 N–H and O–H groups in total. The predicted molar refractivity (Wildman–Crippen MR) is 78.4 cm³/mol. The van der Waals surface area contributed by atoms with Crippen molar-refractivity contribution in [3.63, 3.8) is 0 Å². The second-order valence-electron chi connectivity index (χ2n) is 3.89. The number of rotatable bonds is 5. The van der Waals surface area contributed by atoms with E-state index >= 15 is 0 Å². The van der Waals surface area contributed by atoms with Crippen LogP contribution in [0, 0.1) is 0 Å². The summed E-state index contributed by atoms with van der Waals surface area (Å²) < 4.78 is 11.0. The molecule has 0 bridgehead atoms. The lowest BCUT2D eigenvalue weighted by molar-refractivity contribution is 0.304. The lowest BCUT2D eigenvalue weighted by Crippen LogP contribution is -1.97. The van der Waals surface area contributed by atoms with Crippen molar-refractivity contribution in [2.24, 2.45) is 0 Å². The normalized spacial score (nSPS) is 10.3. The Kier molecular flexibility index (Phi) is 4.94. The van der Waals surface area contributed by atoms with Crippen LogP contribution in [0.4, 0.5) is 0 Å². The van der Waals surface area contributed by atoms with Crippen LogP contribution < -0.4 is 9.47 Å². The number of halogens is 2. The minimum absolute atomic E-state index is 0.340. The molecule has 4 heteroatoms. The van der Waals surface area contributed by atoms with E-state index in [1.165, 1.54) is 0 Å². The third kappa shape index (κ3) is 3.79. The summed E-state index contributed by atoms with van der Waals surface area (Å²) in [7, 11) is 0. The topological polar surface area (TPSA) is 18.5 Å². The van der Waals surface area contributed by atoms with Crippen molar-refractivity contribution >= 4 is 23.2 Å². The summed E-state index contributed by atoms with van der Waals surface area (Å²) in [5.41, 5.74) is 0.791. The van der Waals surface area contributed by atoms with Gasteiger partial charge in [0.15, 0.2) is 0 Å². The van der Waals surface area contributed by atoms with Gasteiger partial charge in [-0.3, -0.25) is 0 Å². The van der Waals surface area contributed by atoms with E-state index in [0.717, 1.165) is 17.1 Å². The molecule has 0 radical (unpaired) electrons. The third-order valence-electron chi connectivity index (χ3n) is 2.58. The van der Waals surface area contributed by atoms with Gasteiger partial charge in [-0.25, -0.2) is 0 Å². The van der Waals surface area contributed by atoms with Crippen molar-refractivity contribution in [2.75, 3.05) is 6.61 Å². The summed E-state index contributed by atoms with van der Waals surface area (Å²) in [6, 6.07) is 12.9. The van der Waals surface area contributed by atoms with Crippen LogP contribution in [-0.2, 0) is 6.61 Å². The fraction of sp³-hybridized carbons (Fsp3) is 0.200. The first-order chi connectivity index (χ1) is 9.20. The standard InChI is InChI=1S/C15H14Cl2O2/c1-2-18-11-6-8-12(9-7-11)19-10-13-14(16)4-3-5-15(13)17/h3-9H,2,10H2,1H3. The van der Waals surface area contributed by atoms with Crippen LogP contribution in [0.2, 0.25) is 10.0 Å². The van der Waals surface area contributed by atoms with E-state index in [4.69, 9.17) is 32.7 Å². The van der Waals surface area contributed by atoms with Gasteiger partial charge < -0.3 is 9.47 Å². The fourth-order valence-electron chi connectivity index (χ4n) is 1.62. The van der Waals surface area contributed by atoms with Gasteiger partial charge in [-0.15, -0.1) is 0 Å². The molecule has 0 aliphatic heterocycles. The highest BCUT2D eigenvalue weighted by Gasteiger charge is 2.06. The van der Waals surface area contributed by atoms with Crippen molar-refractivity contribution in [1.29, 1.82) is 0 Å². The van der Waals surface area contributed by atoms with Crippen LogP contribution in [-0.4, -0.2) is 6.61 Å². The highest BCUT2D eigenvalue weighted by Crippen LogP contribution is 2.26. The zero-order valence-corrected chi connectivity index (χ0v) is 12.0. The van der Waals surface area contributed by atoms with Crippen LogP contribution in [0.25, 0.3) is 0 Å². The van der Waals surface area contributed by atoms with Crippen molar-refractivity contribution in [3.8, 4) is 11.5 Å². The number of benzene rings is 2. The maximum absolute atomic E-state index is 6.08. The van der Waals surface area contributed by atoms with Crippen molar-refractivity contribution in [2.45, 2.75) is 13.5 Å². The third-order valence-corrected chi connectivity index (χ3v) is 3.29. The molecule has 0 saturated carbocycles. The first-order valence-electron chi connectivity index (χ1n) is 5.99. The van der Waals surface area contributed by atoms with Crippen molar-refractivity contribution in [3.05, 3.63) is 58.1 Å². The van der Waals surface area contributed by atoms with E-state index in [2.05, 4.69) is 0 Å². The molecule has 0 amide bonds. The second kappa shape index (κ2) is 6.69. The summed E-state index contributed by atoms with van der Waals surface area (Å²) in [6.07, 6.45) is 0. The molecule has 100 valence electrons. The fourth-order valence-corrected chi connectivity index (χ4v) is 2.13. The molecule has 0 aliphatic carbocycles. The van der Waals surface area contributed by atoms with E-state index in [1.807, 2.05) is 37.3 Å². The molecule has 0 unspecified atom stereocenters. The molecule has 2 aromatic rings. The summed E-state index contributed by atoms with van der Waals surface area (Å²) in [4.78, 5) is 0. The highest BCUT2D eigenvalue weighted by molar-refractivity contribution is 6.35. The Balaban J connectivity index is 2.02. The molecule has 2 rings (SSSR count). The zero-order valence-electron chi connectivity index (χ0n) is 10.5. The molecule has 0 fully saturated rings. The first kappa shape index (κ1) is 14.0. The van der Waals surface area contributed by atoms with E-state index < -0.39 is 0 Å². The predicted octanol–water partition coefficient (Wildman–Crippen LogP) is 4.97. The molecule has 0 heterocycles. The molecule has 2 aromatic carbocycles. The minimum Gasteiger partial charge on any atom is -0.494 e. The maximum atomic E-state index is 6.08. The molecule has 0 atom stereocenters. The first-order valence-corrected chi connectivity index (χ1v) is 6.75. The smallest absolute Gasteiger partial charge is 0.120 e. The Morgan fingerprint density at radius 3 is 1.89 bits per heavy atom. The van der Waals surface area contributed by atoms with Crippen LogP contribution in [0.15, 0.2) is 42.5 Å². The summed E-state index contributed by atoms with van der Waals surface area (Å²) in [5.74, 6) is 1.57. The lowest BCUT2D eigenvalue weighted by atomic mass is 10.2. The highest BCUT2D eigenvalue weighted by atomic mass is 35.5. The van der Waals surface area contributed by atoms with Gasteiger partial charge in [-0.1, -0.05) is 29.3 Å². The van der Waals surface area contributed by atoms with Gasteiger partial charge in [-0.2, -0.15) is 0 Å². The molecular weight excluding hydrogens is 283 g/mol. The number of hydrogen-bond acceptors (Lipinski definition) is 2. The minimum atomic E-state index is 0.340. The Bertz CT molecular complexity index is 518. The van der Waals surface area contributed by atoms with Gasteiger partial charge >= 0.3 is 0 Å². The van der Waals surface area contributed by atoms with Gasteiger partial charge in [0, 0.05) is 15.6 Å². The van der Waals surface area contributed by atoms with Crippen LogP contribution in [0.5, 0.6) is 11.5 Å². The van der Waals surface area contributed by atoms with Crippen molar-refractivity contribution in [1.82, 2.24) is 0 Å². The van der Waals surface area contributed by atoms with Crippen LogP contribution in [0.1, 0.15) is 12.5 Å². The molecule has 0 aliphatic rings. The van der Waals surface area contributed by atoms with Gasteiger partial charge in [0.2, 0.25) is 0 Å². The molecule has 19 heavy (non-hydrogen) atoms. The monoisotopic (exact) mass is 296 g/mol. The number of hydrogen-bond donors (Lipinski definition) is 0. The zero-order chi connectivity index (χ0) is 13.7. The van der Waals surface area contributed by atoms with Gasteiger partial charge in [0.1, 0.15) is 18.1 Å². The van der Waals surface area contributed by atoms with Gasteiger partial charge in [-0.05, 0) is 43.3 Å². The Morgan fingerprint density at radius 1 is 0.842 bits per heavy atom. The Hall–Kier alpha value is -1.38. The van der Waals surface area contributed by atoms with E-state index in [0.29, 0.717) is 23.3 Å². The average molecular weight is 297 g/mol. The summed E-state index contributed by atoms with van der Waals surface area (Å²) >= 11 is 12.2. The van der Waals surface area contributed by atoms with Crippen LogP contribution in [0.3, 0.4) is 0 Å². The molecule has 0 spiro atoms. The lowest BCUT2D eigenvalue weighted by Gasteiger charge is -2.10. The van der Waals surface area contributed by atoms with E-state index in [9.17, 15) is 0 Å². The largest absolute Gasteiger partial charge is 0.494 e. The number of ether oxygens (including phenoxy) is 2. The SMILES string of the molecule is CCOc1ccc(OCc2c(Cl)cccc2Cl)cc1. The van der Waals surface area contributed by atoms with Gasteiger partial charge in [0.25, 0.3) is 0 Å². The molecular formula is C15H14Cl2O2. The van der Waals surface area contributed by atoms with Crippen molar-refractivity contribution < 1.29 is 9.47 Å². The van der Waals surface area contributed by atoms with E-state index in [1.54, 1.807) is 12.1 Å².